The second-order valence-electron chi connectivity index (χ2n) is 4.33. The van der Waals surface area contributed by atoms with Crippen LogP contribution in [0.4, 0.5) is 0 Å². The molecule has 1 amide bonds. The largest absolute Gasteiger partial charge is 0.391 e. The molecule has 0 aliphatic heterocycles. The molecule has 0 aliphatic rings. The maximum Gasteiger partial charge on any atom is 0.251 e. The molecule has 0 spiro atoms. The van der Waals surface area contributed by atoms with Crippen molar-refractivity contribution in [3.63, 3.8) is 0 Å². The normalized spacial score (nSPS) is 12.3. The predicted molar refractivity (Wildman–Crippen MR) is 72.6 cm³/mol. The number of nitrogens with one attached hydrogen (secondary N) is 1. The first kappa shape index (κ1) is 12.6. The Balaban J connectivity index is 2.13. The monoisotopic (exact) mass is 243 g/mol. The summed E-state index contributed by atoms with van der Waals surface area (Å²) in [5.74, 6) is -0.145. The lowest BCUT2D eigenvalue weighted by molar-refractivity contribution is 0.0914. The summed E-state index contributed by atoms with van der Waals surface area (Å²) in [6.45, 7) is 2.18. The fourth-order valence-corrected chi connectivity index (χ4v) is 1.79. The van der Waals surface area contributed by atoms with Crippen LogP contribution in [0.1, 0.15) is 23.7 Å². The van der Waals surface area contributed by atoms with Crippen molar-refractivity contribution in [2.24, 2.45) is 0 Å². The van der Waals surface area contributed by atoms with Gasteiger partial charge in [-0.15, -0.1) is 0 Å². The van der Waals surface area contributed by atoms with Gasteiger partial charge in [0.1, 0.15) is 0 Å². The summed E-state index contributed by atoms with van der Waals surface area (Å²) < 4.78 is 0. The first-order chi connectivity index (χ1) is 8.70. The predicted octanol–water partition coefficient (Wildman–Crippen LogP) is 2.34. The van der Waals surface area contributed by atoms with Crippen molar-refractivity contribution in [2.45, 2.75) is 19.4 Å². The third-order valence-corrected chi connectivity index (χ3v) is 2.98. The van der Waals surface area contributed by atoms with E-state index in [9.17, 15) is 9.90 Å². The second kappa shape index (κ2) is 5.65. The molecular formula is C15H17NO2. The van der Waals surface area contributed by atoms with Crippen molar-refractivity contribution in [3.8, 4) is 0 Å². The van der Waals surface area contributed by atoms with Gasteiger partial charge in [-0.2, -0.15) is 0 Å². The van der Waals surface area contributed by atoms with Crippen LogP contribution >= 0.6 is 0 Å². The van der Waals surface area contributed by atoms with Gasteiger partial charge in [0.05, 0.1) is 6.10 Å². The highest BCUT2D eigenvalue weighted by atomic mass is 16.3. The van der Waals surface area contributed by atoms with Gasteiger partial charge in [0, 0.05) is 12.1 Å². The summed E-state index contributed by atoms with van der Waals surface area (Å²) in [5.41, 5.74) is 0.622. The highest BCUT2D eigenvalue weighted by Gasteiger charge is 2.08. The number of fused-ring (bicyclic) bond motifs is 1. The van der Waals surface area contributed by atoms with Crippen LogP contribution in [0.3, 0.4) is 0 Å². The minimum atomic E-state index is -0.477. The van der Waals surface area contributed by atoms with E-state index in [-0.39, 0.29) is 5.91 Å². The van der Waals surface area contributed by atoms with E-state index in [0.717, 1.165) is 10.8 Å². The SMILES string of the molecule is CCC(O)CNC(=O)c1ccc2ccccc2c1. The molecule has 0 saturated heterocycles. The lowest BCUT2D eigenvalue weighted by atomic mass is 10.1. The van der Waals surface area contributed by atoms with Crippen molar-refractivity contribution in [2.75, 3.05) is 6.54 Å². The van der Waals surface area contributed by atoms with Gasteiger partial charge in [-0.05, 0) is 29.3 Å². The van der Waals surface area contributed by atoms with Crippen molar-refractivity contribution in [3.05, 3.63) is 48.0 Å². The van der Waals surface area contributed by atoms with Crippen LogP contribution in [0, 0.1) is 0 Å². The first-order valence-electron chi connectivity index (χ1n) is 6.15. The number of amides is 1. The van der Waals surface area contributed by atoms with Gasteiger partial charge in [0.2, 0.25) is 0 Å². The van der Waals surface area contributed by atoms with Gasteiger partial charge in [0.25, 0.3) is 5.91 Å². The number of aliphatic hydroxyl groups excluding tert-OH is 1. The Kier molecular flexibility index (Phi) is 3.95. The lowest BCUT2D eigenvalue weighted by Gasteiger charge is -2.09. The minimum absolute atomic E-state index is 0.145. The standard InChI is InChI=1S/C15H17NO2/c1-2-14(17)10-16-15(18)13-8-7-11-5-3-4-6-12(11)9-13/h3-9,14,17H,2,10H2,1H3,(H,16,18). The molecule has 94 valence electrons. The van der Waals surface area contributed by atoms with Crippen molar-refractivity contribution >= 4 is 16.7 Å². The molecule has 0 radical (unpaired) electrons. The number of rotatable bonds is 4. The Bertz CT molecular complexity index is 551. The van der Waals surface area contributed by atoms with Crippen molar-refractivity contribution in [1.82, 2.24) is 5.32 Å². The van der Waals surface area contributed by atoms with E-state index in [1.807, 2.05) is 43.3 Å². The van der Waals surface area contributed by atoms with E-state index in [4.69, 9.17) is 0 Å². The molecule has 2 rings (SSSR count). The Morgan fingerprint density at radius 1 is 1.22 bits per heavy atom. The van der Waals surface area contributed by atoms with Crippen LogP contribution in [0.25, 0.3) is 10.8 Å². The van der Waals surface area contributed by atoms with Gasteiger partial charge in [0.15, 0.2) is 0 Å². The molecule has 0 fully saturated rings. The van der Waals surface area contributed by atoms with E-state index < -0.39 is 6.10 Å². The summed E-state index contributed by atoms with van der Waals surface area (Å²) in [6.07, 6.45) is 0.160. The molecular weight excluding hydrogens is 226 g/mol. The molecule has 1 atom stereocenters. The molecule has 3 nitrogen and oxygen atoms in total. The van der Waals surface area contributed by atoms with Crippen LogP contribution in [0.5, 0.6) is 0 Å². The highest BCUT2D eigenvalue weighted by Crippen LogP contribution is 2.15. The van der Waals surface area contributed by atoms with Crippen LogP contribution in [0.2, 0.25) is 0 Å². The Morgan fingerprint density at radius 3 is 2.67 bits per heavy atom. The zero-order valence-electron chi connectivity index (χ0n) is 10.4. The number of aliphatic hydroxyl groups is 1. The van der Waals surface area contributed by atoms with Crippen LogP contribution in [0.15, 0.2) is 42.5 Å². The summed E-state index contributed by atoms with van der Waals surface area (Å²) in [6, 6.07) is 13.5. The van der Waals surface area contributed by atoms with Crippen molar-refractivity contribution in [1.29, 1.82) is 0 Å². The average molecular weight is 243 g/mol. The summed E-state index contributed by atoms with van der Waals surface area (Å²) in [7, 11) is 0. The maximum atomic E-state index is 11.9. The molecule has 0 saturated carbocycles. The highest BCUT2D eigenvalue weighted by molar-refractivity contribution is 5.98. The summed E-state index contributed by atoms with van der Waals surface area (Å²) in [4.78, 5) is 11.9. The smallest absolute Gasteiger partial charge is 0.251 e. The third kappa shape index (κ3) is 2.87. The first-order valence-corrected chi connectivity index (χ1v) is 6.15. The molecule has 0 heterocycles. The fraction of sp³-hybridized carbons (Fsp3) is 0.267. The number of hydrogen-bond donors (Lipinski definition) is 2. The topological polar surface area (TPSA) is 49.3 Å². The van der Waals surface area contributed by atoms with E-state index in [1.165, 1.54) is 0 Å². The molecule has 0 aliphatic carbocycles. The van der Waals surface area contributed by atoms with Crippen LogP contribution < -0.4 is 5.32 Å². The molecule has 18 heavy (non-hydrogen) atoms. The Morgan fingerprint density at radius 2 is 1.94 bits per heavy atom. The van der Waals surface area contributed by atoms with Crippen LogP contribution in [-0.2, 0) is 0 Å². The molecule has 2 aromatic rings. The number of hydrogen-bond acceptors (Lipinski definition) is 2. The maximum absolute atomic E-state index is 11.9. The average Bonchev–Trinajstić information content (AvgIpc) is 2.43. The van der Waals surface area contributed by atoms with Crippen LogP contribution in [-0.4, -0.2) is 23.7 Å². The van der Waals surface area contributed by atoms with Gasteiger partial charge >= 0.3 is 0 Å². The zero-order valence-corrected chi connectivity index (χ0v) is 10.4. The summed E-state index contributed by atoms with van der Waals surface area (Å²) >= 11 is 0. The third-order valence-electron chi connectivity index (χ3n) is 2.98. The fourth-order valence-electron chi connectivity index (χ4n) is 1.79. The van der Waals surface area contributed by atoms with Gasteiger partial charge in [-0.25, -0.2) is 0 Å². The van der Waals surface area contributed by atoms with E-state index >= 15 is 0 Å². The van der Waals surface area contributed by atoms with Gasteiger partial charge in [-0.1, -0.05) is 37.3 Å². The minimum Gasteiger partial charge on any atom is -0.391 e. The summed E-state index contributed by atoms with van der Waals surface area (Å²) in [5, 5.41) is 14.3. The molecule has 2 N–H and O–H groups in total. The zero-order chi connectivity index (χ0) is 13.0. The van der Waals surface area contributed by atoms with E-state index in [1.54, 1.807) is 6.07 Å². The molecule has 2 aromatic carbocycles. The van der Waals surface area contributed by atoms with E-state index in [0.29, 0.717) is 18.5 Å². The second-order valence-corrected chi connectivity index (χ2v) is 4.33. The van der Waals surface area contributed by atoms with Crippen molar-refractivity contribution < 1.29 is 9.90 Å². The lowest BCUT2D eigenvalue weighted by Crippen LogP contribution is -2.31. The van der Waals surface area contributed by atoms with E-state index in [2.05, 4.69) is 5.32 Å². The number of carbonyl (C=O) groups is 1. The number of carbonyl (C=O) groups excluding carboxylic acids is 1. The molecule has 0 aromatic heterocycles. The molecule has 3 heteroatoms. The Hall–Kier alpha value is -1.87. The quantitative estimate of drug-likeness (QED) is 0.866. The Labute approximate surface area is 106 Å². The molecule has 1 unspecified atom stereocenters. The van der Waals surface area contributed by atoms with Gasteiger partial charge in [-0.3, -0.25) is 4.79 Å². The number of benzene rings is 2. The van der Waals surface area contributed by atoms with Gasteiger partial charge < -0.3 is 10.4 Å². The molecule has 0 bridgehead atoms.